The molecule has 2 aliphatic carbocycles. The van der Waals surface area contributed by atoms with Crippen LogP contribution in [-0.2, 0) is 13.6 Å². The van der Waals surface area contributed by atoms with Gasteiger partial charge >= 0.3 is 0 Å². The highest BCUT2D eigenvalue weighted by atomic mass is 127. The number of hydrogen-bond donors (Lipinski definition) is 1. The zero-order chi connectivity index (χ0) is 14.2. The molecule has 21 heavy (non-hydrogen) atoms. The zero-order valence-corrected chi connectivity index (χ0v) is 15.6. The minimum atomic E-state index is 0. The van der Waals surface area contributed by atoms with E-state index < -0.39 is 0 Å². The third-order valence-electron chi connectivity index (χ3n) is 4.96. The van der Waals surface area contributed by atoms with Gasteiger partial charge in [0, 0.05) is 39.6 Å². The highest BCUT2D eigenvalue weighted by Crippen LogP contribution is 2.60. The van der Waals surface area contributed by atoms with Gasteiger partial charge in [-0.15, -0.1) is 24.0 Å². The van der Waals surface area contributed by atoms with Gasteiger partial charge < -0.3 is 14.8 Å². The van der Waals surface area contributed by atoms with Gasteiger partial charge in [0.2, 0.25) is 0 Å². The average Bonchev–Trinajstić information content (AvgIpc) is 3.32. The zero-order valence-electron chi connectivity index (χ0n) is 13.3. The van der Waals surface area contributed by atoms with E-state index in [2.05, 4.69) is 52.2 Å². The first-order valence-electron chi connectivity index (χ1n) is 7.67. The lowest BCUT2D eigenvalue weighted by atomic mass is 10.0. The van der Waals surface area contributed by atoms with Crippen molar-refractivity contribution in [3.05, 3.63) is 24.0 Å². The van der Waals surface area contributed by atoms with Crippen LogP contribution in [0.1, 0.15) is 31.4 Å². The molecule has 1 N–H and O–H groups in total. The van der Waals surface area contributed by atoms with Crippen LogP contribution in [0.2, 0.25) is 0 Å². The molecule has 0 unspecified atom stereocenters. The van der Waals surface area contributed by atoms with Gasteiger partial charge in [-0.2, -0.15) is 0 Å². The van der Waals surface area contributed by atoms with E-state index in [1.807, 2.05) is 7.05 Å². The van der Waals surface area contributed by atoms with Crippen LogP contribution in [0.3, 0.4) is 0 Å². The summed E-state index contributed by atoms with van der Waals surface area (Å²) in [6.07, 6.45) is 7.79. The highest BCUT2D eigenvalue weighted by molar-refractivity contribution is 14.0. The summed E-state index contributed by atoms with van der Waals surface area (Å²) in [4.78, 5) is 6.64. The van der Waals surface area contributed by atoms with Gasteiger partial charge in [-0.3, -0.25) is 4.99 Å². The fraction of sp³-hybridized carbons (Fsp3) is 0.688. The van der Waals surface area contributed by atoms with Crippen molar-refractivity contribution in [2.75, 3.05) is 20.6 Å². The SMILES string of the molecule is CN=C(NCC1(C2CC2)CC1)N(C)Cc1cccn1C.I. The smallest absolute Gasteiger partial charge is 0.193 e. The van der Waals surface area contributed by atoms with E-state index in [0.29, 0.717) is 5.41 Å². The Morgan fingerprint density at radius 2 is 2.19 bits per heavy atom. The summed E-state index contributed by atoms with van der Waals surface area (Å²) in [5.74, 6) is 2.00. The maximum Gasteiger partial charge on any atom is 0.193 e. The molecule has 1 aromatic rings. The van der Waals surface area contributed by atoms with Crippen molar-refractivity contribution in [1.82, 2.24) is 14.8 Å². The topological polar surface area (TPSA) is 32.6 Å². The number of aliphatic imine (C=N–C) groups is 1. The van der Waals surface area contributed by atoms with E-state index in [1.54, 1.807) is 0 Å². The molecule has 0 radical (unpaired) electrons. The molecule has 3 rings (SSSR count). The summed E-state index contributed by atoms with van der Waals surface area (Å²) >= 11 is 0. The van der Waals surface area contributed by atoms with Crippen LogP contribution in [0, 0.1) is 11.3 Å². The lowest BCUT2D eigenvalue weighted by Gasteiger charge is -2.24. The summed E-state index contributed by atoms with van der Waals surface area (Å²) < 4.78 is 2.16. The first kappa shape index (κ1) is 16.6. The maximum absolute atomic E-state index is 4.43. The number of rotatable bonds is 5. The van der Waals surface area contributed by atoms with Crippen LogP contribution in [0.25, 0.3) is 0 Å². The van der Waals surface area contributed by atoms with Crippen molar-refractivity contribution < 1.29 is 0 Å². The van der Waals surface area contributed by atoms with Crippen molar-refractivity contribution >= 4 is 29.9 Å². The predicted molar refractivity (Wildman–Crippen MR) is 98.0 cm³/mol. The predicted octanol–water partition coefficient (Wildman–Crippen LogP) is 2.84. The molecule has 0 aliphatic heterocycles. The third kappa shape index (κ3) is 3.73. The molecule has 0 bridgehead atoms. The second-order valence-corrected chi connectivity index (χ2v) is 6.50. The minimum absolute atomic E-state index is 0. The molecule has 0 saturated heterocycles. The standard InChI is InChI=1S/C16H26N4.HI/c1-17-15(18-12-16(8-9-16)13-6-7-13)20(3)11-14-5-4-10-19(14)2;/h4-5,10,13H,6-9,11-12H2,1-3H3,(H,17,18);1H. The lowest BCUT2D eigenvalue weighted by Crippen LogP contribution is -2.41. The molecule has 1 aromatic heterocycles. The number of halogens is 1. The van der Waals surface area contributed by atoms with Crippen LogP contribution in [0.15, 0.2) is 23.3 Å². The molecule has 2 saturated carbocycles. The molecule has 118 valence electrons. The van der Waals surface area contributed by atoms with Gasteiger partial charge in [0.15, 0.2) is 5.96 Å². The Labute approximate surface area is 145 Å². The van der Waals surface area contributed by atoms with Crippen LogP contribution in [-0.4, -0.2) is 36.1 Å². The monoisotopic (exact) mass is 402 g/mol. The Kier molecular flexibility index (Phi) is 5.22. The second kappa shape index (κ2) is 6.58. The van der Waals surface area contributed by atoms with Crippen LogP contribution in [0.4, 0.5) is 0 Å². The Hall–Kier alpha value is -0.720. The molecule has 5 heteroatoms. The van der Waals surface area contributed by atoms with E-state index in [1.165, 1.54) is 31.4 Å². The van der Waals surface area contributed by atoms with Gasteiger partial charge in [-0.05, 0) is 49.1 Å². The summed E-state index contributed by atoms with van der Waals surface area (Å²) in [6, 6.07) is 4.25. The largest absolute Gasteiger partial charge is 0.356 e. The Balaban J connectivity index is 0.00000161. The van der Waals surface area contributed by atoms with Crippen molar-refractivity contribution in [3.63, 3.8) is 0 Å². The average molecular weight is 402 g/mol. The Bertz CT molecular complexity index is 500. The van der Waals surface area contributed by atoms with Crippen molar-refractivity contribution in [3.8, 4) is 0 Å². The molecule has 4 nitrogen and oxygen atoms in total. The van der Waals surface area contributed by atoms with Gasteiger partial charge in [0.1, 0.15) is 0 Å². The maximum atomic E-state index is 4.43. The number of guanidine groups is 1. The number of hydrogen-bond acceptors (Lipinski definition) is 1. The normalized spacial score (nSPS) is 19.9. The fourth-order valence-electron chi connectivity index (χ4n) is 3.20. The Morgan fingerprint density at radius 1 is 1.48 bits per heavy atom. The molecular weight excluding hydrogens is 375 g/mol. The summed E-state index contributed by atoms with van der Waals surface area (Å²) in [5, 5.41) is 3.59. The van der Waals surface area contributed by atoms with Gasteiger partial charge in [0.25, 0.3) is 0 Å². The molecule has 0 spiro atoms. The van der Waals surface area contributed by atoms with E-state index in [0.717, 1.165) is 25.0 Å². The molecule has 2 aliphatic rings. The minimum Gasteiger partial charge on any atom is -0.356 e. The number of nitrogens with one attached hydrogen (secondary N) is 1. The Morgan fingerprint density at radius 3 is 2.67 bits per heavy atom. The van der Waals surface area contributed by atoms with Gasteiger partial charge in [-0.25, -0.2) is 0 Å². The van der Waals surface area contributed by atoms with Crippen LogP contribution in [0.5, 0.6) is 0 Å². The molecule has 1 heterocycles. The lowest BCUT2D eigenvalue weighted by molar-refractivity contribution is 0.406. The molecule has 0 amide bonds. The van der Waals surface area contributed by atoms with Crippen molar-refractivity contribution in [2.45, 2.75) is 32.2 Å². The van der Waals surface area contributed by atoms with Gasteiger partial charge in [-0.1, -0.05) is 0 Å². The molecular formula is C16H27IN4. The first-order valence-corrected chi connectivity index (χ1v) is 7.67. The summed E-state index contributed by atoms with van der Waals surface area (Å²) in [5.41, 5.74) is 1.92. The van der Waals surface area contributed by atoms with Crippen LogP contribution >= 0.6 is 24.0 Å². The first-order chi connectivity index (χ1) is 9.64. The number of nitrogens with zero attached hydrogens (tertiary/aromatic N) is 3. The van der Waals surface area contributed by atoms with Gasteiger partial charge in [0.05, 0.1) is 6.54 Å². The van der Waals surface area contributed by atoms with Crippen molar-refractivity contribution in [1.29, 1.82) is 0 Å². The van der Waals surface area contributed by atoms with E-state index >= 15 is 0 Å². The van der Waals surface area contributed by atoms with E-state index in [4.69, 9.17) is 0 Å². The quantitative estimate of drug-likeness (QED) is 0.467. The summed E-state index contributed by atoms with van der Waals surface area (Å²) in [7, 11) is 6.07. The van der Waals surface area contributed by atoms with Crippen molar-refractivity contribution in [2.24, 2.45) is 23.4 Å². The summed E-state index contributed by atoms with van der Waals surface area (Å²) in [6.45, 7) is 1.99. The third-order valence-corrected chi connectivity index (χ3v) is 4.96. The molecule has 2 fully saturated rings. The second-order valence-electron chi connectivity index (χ2n) is 6.50. The molecule has 0 atom stereocenters. The van der Waals surface area contributed by atoms with E-state index in [9.17, 15) is 0 Å². The number of aromatic nitrogens is 1. The fourth-order valence-corrected chi connectivity index (χ4v) is 3.20. The number of aryl methyl sites for hydroxylation is 1. The van der Waals surface area contributed by atoms with E-state index in [-0.39, 0.29) is 24.0 Å². The highest BCUT2D eigenvalue weighted by Gasteiger charge is 2.53. The van der Waals surface area contributed by atoms with Crippen LogP contribution < -0.4 is 5.32 Å². The molecule has 0 aromatic carbocycles.